The van der Waals surface area contributed by atoms with Crippen molar-refractivity contribution in [3.05, 3.63) is 29.8 Å². The van der Waals surface area contributed by atoms with Crippen LogP contribution in [-0.2, 0) is 14.8 Å². The minimum absolute atomic E-state index is 0.121. The van der Waals surface area contributed by atoms with Crippen molar-refractivity contribution in [3.63, 3.8) is 0 Å². The van der Waals surface area contributed by atoms with Gasteiger partial charge >= 0.3 is 0 Å². The second-order valence-corrected chi connectivity index (χ2v) is 5.56. The number of hydrogen-bond donors (Lipinski definition) is 0. The number of carbonyl (C=O) groups is 1. The second kappa shape index (κ2) is 3.91. The first-order chi connectivity index (χ1) is 7.50. The van der Waals surface area contributed by atoms with Crippen LogP contribution >= 0.6 is 11.8 Å². The topological polar surface area (TPSA) is 86.6 Å². The summed E-state index contributed by atoms with van der Waals surface area (Å²) < 4.78 is 26.6. The number of rotatable bonds is 2. The number of carboxylic acids is 1. The van der Waals surface area contributed by atoms with Crippen LogP contribution in [-0.4, -0.2) is 25.2 Å². The molecule has 1 aliphatic heterocycles. The summed E-state index contributed by atoms with van der Waals surface area (Å²) in [4.78, 5) is 10.4. The highest BCUT2D eigenvalue weighted by Gasteiger charge is 2.28. The molecular weight excluding hydrogens is 250 g/mol. The Labute approximate surface area is 96.3 Å². The zero-order chi connectivity index (χ0) is 11.8. The van der Waals surface area contributed by atoms with E-state index < -0.39 is 16.0 Å². The fraction of sp³-hybridized carbons (Fsp3) is 0.111. The van der Waals surface area contributed by atoms with Gasteiger partial charge in [0.25, 0.3) is 10.0 Å². The lowest BCUT2D eigenvalue weighted by molar-refractivity contribution is -0.301. The quantitative estimate of drug-likeness (QED) is 0.719. The van der Waals surface area contributed by atoms with E-state index in [4.69, 9.17) is 0 Å². The van der Waals surface area contributed by atoms with Gasteiger partial charge in [0.05, 0.1) is 10.9 Å². The standard InChI is InChI=1S/C9H7NO4S2/c11-8(12)5-15-9-6-3-1-2-4-7(6)16(13,14)10-9/h1-4H,5H2,(H,11,12)/p-1. The first-order valence-corrected chi connectivity index (χ1v) is 6.70. The minimum Gasteiger partial charge on any atom is -0.549 e. The van der Waals surface area contributed by atoms with Gasteiger partial charge in [0.1, 0.15) is 5.04 Å². The lowest BCUT2D eigenvalue weighted by Gasteiger charge is -2.01. The number of aliphatic carboxylic acids is 1. The Balaban J connectivity index is 2.39. The van der Waals surface area contributed by atoms with Crippen molar-refractivity contribution in [2.75, 3.05) is 5.75 Å². The first kappa shape index (κ1) is 11.2. The average Bonchev–Trinajstić information content (AvgIpc) is 2.49. The molecule has 16 heavy (non-hydrogen) atoms. The van der Waals surface area contributed by atoms with E-state index in [1.54, 1.807) is 18.2 Å². The number of thioether (sulfide) groups is 1. The van der Waals surface area contributed by atoms with E-state index in [0.717, 1.165) is 11.8 Å². The fourth-order valence-corrected chi connectivity index (χ4v) is 3.57. The predicted octanol–water partition coefficient (Wildman–Crippen LogP) is -0.381. The Morgan fingerprint density at radius 2 is 2.06 bits per heavy atom. The summed E-state index contributed by atoms with van der Waals surface area (Å²) >= 11 is 0.846. The summed E-state index contributed by atoms with van der Waals surface area (Å²) in [5.41, 5.74) is 0.453. The molecule has 5 nitrogen and oxygen atoms in total. The summed E-state index contributed by atoms with van der Waals surface area (Å²) in [7, 11) is -3.65. The van der Waals surface area contributed by atoms with E-state index in [2.05, 4.69) is 4.40 Å². The summed E-state index contributed by atoms with van der Waals surface area (Å²) in [6, 6.07) is 6.31. The van der Waals surface area contributed by atoms with Crippen molar-refractivity contribution in [2.24, 2.45) is 4.40 Å². The average molecular weight is 256 g/mol. The van der Waals surface area contributed by atoms with Crippen LogP contribution in [0.5, 0.6) is 0 Å². The molecule has 1 aliphatic rings. The summed E-state index contributed by atoms with van der Waals surface area (Å²) in [6.07, 6.45) is 0. The van der Waals surface area contributed by atoms with Gasteiger partial charge in [-0.3, -0.25) is 0 Å². The monoisotopic (exact) mass is 256 g/mol. The molecule has 0 saturated carbocycles. The van der Waals surface area contributed by atoms with Crippen LogP contribution in [0, 0.1) is 0 Å². The molecule has 0 saturated heterocycles. The molecular formula is C9H6NO4S2-. The van der Waals surface area contributed by atoms with E-state index in [1.165, 1.54) is 6.07 Å². The molecule has 0 radical (unpaired) electrons. The molecule has 0 unspecified atom stereocenters. The molecule has 1 aromatic rings. The first-order valence-electron chi connectivity index (χ1n) is 4.28. The predicted molar refractivity (Wildman–Crippen MR) is 57.6 cm³/mol. The van der Waals surface area contributed by atoms with Gasteiger partial charge in [-0.05, 0) is 6.07 Å². The van der Waals surface area contributed by atoms with Crippen LogP contribution in [0.15, 0.2) is 33.6 Å². The number of nitrogens with zero attached hydrogens (tertiary/aromatic N) is 1. The highest BCUT2D eigenvalue weighted by Crippen LogP contribution is 2.30. The van der Waals surface area contributed by atoms with E-state index >= 15 is 0 Å². The van der Waals surface area contributed by atoms with E-state index in [9.17, 15) is 18.3 Å². The SMILES string of the molecule is O=C([O-])CSC1=NS(=O)(=O)c2ccccc21. The molecule has 7 heteroatoms. The number of hydrogen-bond acceptors (Lipinski definition) is 5. The molecule has 84 valence electrons. The van der Waals surface area contributed by atoms with Gasteiger partial charge in [-0.25, -0.2) is 0 Å². The molecule has 1 heterocycles. The Morgan fingerprint density at radius 3 is 2.75 bits per heavy atom. The van der Waals surface area contributed by atoms with Gasteiger partial charge in [0, 0.05) is 11.3 Å². The maximum Gasteiger partial charge on any atom is 0.284 e. The summed E-state index contributed by atoms with van der Waals surface area (Å²) in [6.45, 7) is 0. The second-order valence-electron chi connectivity index (χ2n) is 3.03. The third-order valence-electron chi connectivity index (χ3n) is 1.93. The largest absolute Gasteiger partial charge is 0.549 e. The zero-order valence-electron chi connectivity index (χ0n) is 7.91. The zero-order valence-corrected chi connectivity index (χ0v) is 9.55. The highest BCUT2D eigenvalue weighted by molar-refractivity contribution is 8.15. The molecule has 0 aliphatic carbocycles. The van der Waals surface area contributed by atoms with Crippen molar-refractivity contribution in [2.45, 2.75) is 4.90 Å². The van der Waals surface area contributed by atoms with Crippen LogP contribution in [0.1, 0.15) is 5.56 Å². The van der Waals surface area contributed by atoms with Crippen molar-refractivity contribution in [1.29, 1.82) is 0 Å². The smallest absolute Gasteiger partial charge is 0.284 e. The molecule has 0 aromatic heterocycles. The van der Waals surface area contributed by atoms with Gasteiger partial charge in [-0.2, -0.15) is 12.8 Å². The Hall–Kier alpha value is -1.34. The number of carboxylic acid groups (broad SMARTS) is 1. The van der Waals surface area contributed by atoms with Crippen molar-refractivity contribution in [3.8, 4) is 0 Å². The van der Waals surface area contributed by atoms with Crippen molar-refractivity contribution >= 4 is 32.8 Å². The van der Waals surface area contributed by atoms with E-state index in [1.807, 2.05) is 0 Å². The van der Waals surface area contributed by atoms with Crippen LogP contribution in [0.2, 0.25) is 0 Å². The van der Waals surface area contributed by atoms with Crippen molar-refractivity contribution in [1.82, 2.24) is 0 Å². The van der Waals surface area contributed by atoms with E-state index in [0.29, 0.717) is 5.56 Å². The van der Waals surface area contributed by atoms with Gasteiger partial charge in [0.2, 0.25) is 0 Å². The third-order valence-corrected chi connectivity index (χ3v) is 4.34. The lowest BCUT2D eigenvalue weighted by Crippen LogP contribution is -2.25. The molecule has 0 fully saturated rings. The van der Waals surface area contributed by atoms with Crippen LogP contribution in [0.3, 0.4) is 0 Å². The Bertz CT molecular complexity index is 577. The molecule has 0 N–H and O–H groups in total. The van der Waals surface area contributed by atoms with Gasteiger partial charge in [0.15, 0.2) is 0 Å². The molecule has 0 bridgehead atoms. The molecule has 0 atom stereocenters. The molecule has 0 spiro atoms. The van der Waals surface area contributed by atoms with Crippen molar-refractivity contribution < 1.29 is 18.3 Å². The van der Waals surface area contributed by atoms with Crippen LogP contribution in [0.25, 0.3) is 0 Å². The van der Waals surface area contributed by atoms with Crippen LogP contribution in [0.4, 0.5) is 0 Å². The van der Waals surface area contributed by atoms with Gasteiger partial charge < -0.3 is 9.90 Å². The molecule has 2 rings (SSSR count). The number of fused-ring (bicyclic) bond motifs is 1. The molecule has 1 aromatic carbocycles. The molecule has 0 amide bonds. The maximum absolute atomic E-state index is 11.5. The van der Waals surface area contributed by atoms with Gasteiger partial charge in [-0.1, -0.05) is 30.0 Å². The normalized spacial score (nSPS) is 16.6. The number of carbonyl (C=O) groups excluding carboxylic acids is 1. The fourth-order valence-electron chi connectivity index (χ4n) is 1.31. The lowest BCUT2D eigenvalue weighted by atomic mass is 10.2. The number of sulfonamides is 1. The summed E-state index contributed by atoms with van der Waals surface area (Å²) in [5, 5.41) is 10.5. The van der Waals surface area contributed by atoms with E-state index in [-0.39, 0.29) is 15.7 Å². The number of benzene rings is 1. The van der Waals surface area contributed by atoms with Crippen LogP contribution < -0.4 is 5.11 Å². The Kier molecular flexibility index (Phi) is 2.73. The van der Waals surface area contributed by atoms with Gasteiger partial charge in [-0.15, -0.1) is 0 Å². The maximum atomic E-state index is 11.5. The highest BCUT2D eigenvalue weighted by atomic mass is 32.2. The minimum atomic E-state index is -3.65. The summed E-state index contributed by atoms with van der Waals surface area (Å²) in [5.74, 6) is -1.57. The third kappa shape index (κ3) is 1.96. The Morgan fingerprint density at radius 1 is 1.38 bits per heavy atom.